The second-order valence-corrected chi connectivity index (χ2v) is 6.69. The normalized spacial score (nSPS) is 14.8. The van der Waals surface area contributed by atoms with Crippen LogP contribution in [-0.2, 0) is 4.79 Å². The van der Waals surface area contributed by atoms with Crippen LogP contribution in [0, 0.1) is 0 Å². The van der Waals surface area contributed by atoms with E-state index in [0.717, 1.165) is 0 Å². The summed E-state index contributed by atoms with van der Waals surface area (Å²) in [5.74, 6) is 2.04. The molecule has 1 amide bonds. The average molecular weight is 414 g/mol. The molecule has 2 aromatic rings. The second kappa shape index (κ2) is 8.91. The van der Waals surface area contributed by atoms with E-state index in [0.29, 0.717) is 45.1 Å². The summed E-state index contributed by atoms with van der Waals surface area (Å²) in [5.41, 5.74) is 1.64. The maximum absolute atomic E-state index is 13.1. The highest BCUT2D eigenvalue weighted by Crippen LogP contribution is 2.37. The summed E-state index contributed by atoms with van der Waals surface area (Å²) in [6, 6.07) is 10.8. The molecule has 0 radical (unpaired) electrons. The molecular formula is C21H22N2O5S. The highest BCUT2D eigenvalue weighted by atomic mass is 32.2. The lowest BCUT2D eigenvalue weighted by molar-refractivity contribution is -0.113. The van der Waals surface area contributed by atoms with E-state index in [1.165, 1.54) is 11.8 Å². The van der Waals surface area contributed by atoms with Gasteiger partial charge in [-0.25, -0.2) is 4.99 Å². The van der Waals surface area contributed by atoms with Crippen molar-refractivity contribution in [1.29, 1.82) is 0 Å². The molecular weight excluding hydrogens is 392 g/mol. The first-order valence-corrected chi connectivity index (χ1v) is 9.91. The van der Waals surface area contributed by atoms with Crippen LogP contribution in [0.3, 0.4) is 0 Å². The molecule has 8 heteroatoms. The molecule has 1 aliphatic rings. The maximum Gasteiger partial charge on any atom is 0.283 e. The Kier molecular flexibility index (Phi) is 6.33. The number of aliphatic imine (C=N–C) groups is 1. The molecule has 0 bridgehead atoms. The minimum atomic E-state index is -0.237. The van der Waals surface area contributed by atoms with Gasteiger partial charge in [0.15, 0.2) is 16.7 Å². The second-order valence-electron chi connectivity index (χ2n) is 5.92. The van der Waals surface area contributed by atoms with E-state index < -0.39 is 0 Å². The van der Waals surface area contributed by atoms with Gasteiger partial charge >= 0.3 is 0 Å². The largest absolute Gasteiger partial charge is 0.497 e. The fourth-order valence-corrected chi connectivity index (χ4v) is 3.48. The summed E-state index contributed by atoms with van der Waals surface area (Å²) >= 11 is 1.39. The topological polar surface area (TPSA) is 69.6 Å². The van der Waals surface area contributed by atoms with Crippen molar-refractivity contribution in [2.75, 3.05) is 39.6 Å². The highest BCUT2D eigenvalue weighted by molar-refractivity contribution is 8.13. The molecule has 1 aliphatic heterocycles. The van der Waals surface area contributed by atoms with Gasteiger partial charge in [-0.3, -0.25) is 9.69 Å². The van der Waals surface area contributed by atoms with Crippen LogP contribution in [0.25, 0.3) is 6.08 Å². The Morgan fingerprint density at radius 2 is 1.62 bits per heavy atom. The Labute approximate surface area is 173 Å². The minimum absolute atomic E-state index is 0.237. The van der Waals surface area contributed by atoms with Crippen LogP contribution in [0.2, 0.25) is 0 Å². The van der Waals surface area contributed by atoms with Crippen molar-refractivity contribution >= 4 is 34.6 Å². The van der Waals surface area contributed by atoms with Crippen molar-refractivity contribution in [2.24, 2.45) is 4.99 Å². The van der Waals surface area contributed by atoms with E-state index in [-0.39, 0.29) is 5.91 Å². The molecule has 0 aliphatic carbocycles. The number of nitrogens with zero attached hydrogens (tertiary/aromatic N) is 2. The molecule has 0 spiro atoms. The SMILES string of the molecule is COc1cccc(N2C(=O)C(=Cc3cc(OC)c(OC)cc3OC)N=C2SC)c1. The molecule has 2 aromatic carbocycles. The Balaban J connectivity index is 2.05. The van der Waals surface area contributed by atoms with Gasteiger partial charge in [-0.05, 0) is 30.5 Å². The Hall–Kier alpha value is -3.13. The third-order valence-electron chi connectivity index (χ3n) is 4.35. The van der Waals surface area contributed by atoms with Crippen LogP contribution < -0.4 is 23.8 Å². The number of thioether (sulfide) groups is 1. The van der Waals surface area contributed by atoms with Crippen LogP contribution in [0.5, 0.6) is 23.0 Å². The average Bonchev–Trinajstić information content (AvgIpc) is 3.08. The molecule has 0 aromatic heterocycles. The van der Waals surface area contributed by atoms with Gasteiger partial charge in [0, 0.05) is 17.7 Å². The summed E-state index contributed by atoms with van der Waals surface area (Å²) in [7, 11) is 6.25. The minimum Gasteiger partial charge on any atom is -0.497 e. The number of amidine groups is 1. The monoisotopic (exact) mass is 414 g/mol. The van der Waals surface area contributed by atoms with Gasteiger partial charge in [-0.15, -0.1) is 0 Å². The lowest BCUT2D eigenvalue weighted by atomic mass is 10.1. The predicted octanol–water partition coefficient (Wildman–Crippen LogP) is 3.83. The van der Waals surface area contributed by atoms with E-state index in [2.05, 4.69) is 4.99 Å². The molecule has 0 N–H and O–H groups in total. The van der Waals surface area contributed by atoms with Crippen LogP contribution in [-0.4, -0.2) is 45.8 Å². The molecule has 29 heavy (non-hydrogen) atoms. The Bertz CT molecular complexity index is 987. The number of hydrogen-bond acceptors (Lipinski definition) is 7. The fraction of sp³-hybridized carbons (Fsp3) is 0.238. The lowest BCUT2D eigenvalue weighted by Crippen LogP contribution is -2.30. The number of amides is 1. The molecule has 7 nitrogen and oxygen atoms in total. The molecule has 0 unspecified atom stereocenters. The van der Waals surface area contributed by atoms with Gasteiger partial charge in [-0.2, -0.15) is 0 Å². The van der Waals surface area contributed by atoms with Crippen molar-refractivity contribution in [2.45, 2.75) is 0 Å². The van der Waals surface area contributed by atoms with Gasteiger partial charge in [0.25, 0.3) is 5.91 Å². The smallest absolute Gasteiger partial charge is 0.283 e. The molecule has 152 valence electrons. The molecule has 1 heterocycles. The van der Waals surface area contributed by atoms with Crippen molar-refractivity contribution in [3.63, 3.8) is 0 Å². The van der Waals surface area contributed by atoms with Crippen molar-refractivity contribution in [1.82, 2.24) is 0 Å². The van der Waals surface area contributed by atoms with Crippen molar-refractivity contribution < 1.29 is 23.7 Å². The number of carbonyl (C=O) groups is 1. The maximum atomic E-state index is 13.1. The van der Waals surface area contributed by atoms with Crippen molar-refractivity contribution in [3.8, 4) is 23.0 Å². The van der Waals surface area contributed by atoms with Gasteiger partial charge < -0.3 is 18.9 Å². The standard InChI is InChI=1S/C21H22N2O5S/c1-25-15-8-6-7-14(11-15)23-20(24)16(22-21(23)29-5)9-13-10-18(27-3)19(28-4)12-17(13)26-2/h6-12H,1-5H3. The van der Waals surface area contributed by atoms with E-state index in [9.17, 15) is 4.79 Å². The Morgan fingerprint density at radius 1 is 0.931 bits per heavy atom. The Morgan fingerprint density at radius 3 is 2.24 bits per heavy atom. The molecule has 0 fully saturated rings. The lowest BCUT2D eigenvalue weighted by Gasteiger charge is -2.17. The van der Waals surface area contributed by atoms with Gasteiger partial charge in [0.2, 0.25) is 0 Å². The molecule has 0 saturated heterocycles. The van der Waals surface area contributed by atoms with E-state index in [1.54, 1.807) is 57.6 Å². The van der Waals surface area contributed by atoms with Gasteiger partial charge in [-0.1, -0.05) is 17.8 Å². The van der Waals surface area contributed by atoms with Crippen LogP contribution >= 0.6 is 11.8 Å². The van der Waals surface area contributed by atoms with E-state index in [1.807, 2.05) is 24.5 Å². The third-order valence-corrected chi connectivity index (χ3v) is 4.99. The molecule has 3 rings (SSSR count). The molecule has 0 atom stereocenters. The van der Waals surface area contributed by atoms with Gasteiger partial charge in [0.05, 0.1) is 34.1 Å². The van der Waals surface area contributed by atoms with Gasteiger partial charge in [0.1, 0.15) is 17.2 Å². The summed E-state index contributed by atoms with van der Waals surface area (Å²) in [6.07, 6.45) is 3.55. The number of anilines is 1. The zero-order valence-electron chi connectivity index (χ0n) is 16.9. The number of ether oxygens (including phenoxy) is 4. The zero-order chi connectivity index (χ0) is 21.0. The number of hydrogen-bond donors (Lipinski definition) is 0. The first kappa shape index (κ1) is 20.6. The summed E-state index contributed by atoms with van der Waals surface area (Å²) < 4.78 is 21.4. The number of benzene rings is 2. The summed E-state index contributed by atoms with van der Waals surface area (Å²) in [6.45, 7) is 0. The van der Waals surface area contributed by atoms with E-state index in [4.69, 9.17) is 18.9 Å². The third kappa shape index (κ3) is 4.02. The van der Waals surface area contributed by atoms with Crippen LogP contribution in [0.15, 0.2) is 47.1 Å². The molecule has 0 saturated carbocycles. The predicted molar refractivity (Wildman–Crippen MR) is 116 cm³/mol. The number of carbonyl (C=O) groups excluding carboxylic acids is 1. The first-order valence-electron chi connectivity index (χ1n) is 8.69. The summed E-state index contributed by atoms with van der Waals surface area (Å²) in [4.78, 5) is 19.2. The quantitative estimate of drug-likeness (QED) is 0.669. The number of rotatable bonds is 6. The first-order chi connectivity index (χ1) is 14.1. The number of methoxy groups -OCH3 is 4. The highest BCUT2D eigenvalue weighted by Gasteiger charge is 2.31. The van der Waals surface area contributed by atoms with Crippen LogP contribution in [0.1, 0.15) is 5.56 Å². The van der Waals surface area contributed by atoms with Crippen molar-refractivity contribution in [3.05, 3.63) is 47.7 Å². The van der Waals surface area contributed by atoms with Crippen LogP contribution in [0.4, 0.5) is 5.69 Å². The summed E-state index contributed by atoms with van der Waals surface area (Å²) in [5, 5.41) is 0.578. The fourth-order valence-electron chi connectivity index (χ4n) is 2.92. The van der Waals surface area contributed by atoms with E-state index >= 15 is 0 Å². The zero-order valence-corrected chi connectivity index (χ0v) is 17.7.